The summed E-state index contributed by atoms with van der Waals surface area (Å²) in [5.41, 5.74) is 0.995. The predicted octanol–water partition coefficient (Wildman–Crippen LogP) is 3.57. The minimum Gasteiger partial charge on any atom is -0.341 e. The van der Waals surface area contributed by atoms with E-state index >= 15 is 0 Å². The van der Waals surface area contributed by atoms with Crippen LogP contribution in [0.25, 0.3) is 11.0 Å². The van der Waals surface area contributed by atoms with E-state index in [0.29, 0.717) is 6.04 Å². The Morgan fingerprint density at radius 2 is 2.04 bits per heavy atom. The Balaban J connectivity index is 1.77. The first-order valence-electron chi connectivity index (χ1n) is 8.00. The highest BCUT2D eigenvalue weighted by molar-refractivity contribution is 5.96. The van der Waals surface area contributed by atoms with Gasteiger partial charge in [-0.3, -0.25) is 4.79 Å². The van der Waals surface area contributed by atoms with Gasteiger partial charge >= 0.3 is 6.18 Å². The van der Waals surface area contributed by atoms with Gasteiger partial charge in [0.25, 0.3) is 5.91 Å². The molecule has 0 unspecified atom stereocenters. The Kier molecular flexibility index (Phi) is 4.47. The van der Waals surface area contributed by atoms with Gasteiger partial charge in [0, 0.05) is 25.2 Å². The number of carbonyl (C=O) groups is 1. The topological polar surface area (TPSA) is 51.0 Å². The minimum atomic E-state index is -4.28. The molecular weight excluding hydrogens is 321 g/mol. The van der Waals surface area contributed by atoms with E-state index in [1.54, 1.807) is 12.3 Å². The summed E-state index contributed by atoms with van der Waals surface area (Å²) in [6.45, 7) is -0.373. The van der Waals surface area contributed by atoms with Gasteiger partial charge in [0.15, 0.2) is 5.65 Å². The van der Waals surface area contributed by atoms with Crippen LogP contribution in [-0.4, -0.2) is 45.3 Å². The van der Waals surface area contributed by atoms with E-state index in [4.69, 9.17) is 0 Å². The van der Waals surface area contributed by atoms with Crippen molar-refractivity contribution >= 4 is 16.9 Å². The molecule has 24 heavy (non-hydrogen) atoms. The molecule has 1 fully saturated rings. The molecule has 0 aromatic carbocycles. The fourth-order valence-electron chi connectivity index (χ4n) is 3.09. The number of nitrogens with zero attached hydrogens (tertiary/aromatic N) is 4. The van der Waals surface area contributed by atoms with E-state index in [1.165, 1.54) is 26.1 Å². The number of carbonyl (C=O) groups excluding carboxylic acids is 1. The molecule has 0 aliphatic heterocycles. The highest BCUT2D eigenvalue weighted by Gasteiger charge is 2.28. The van der Waals surface area contributed by atoms with Gasteiger partial charge in [0.1, 0.15) is 0 Å². The molecule has 5 nitrogen and oxygen atoms in total. The first-order chi connectivity index (χ1) is 11.3. The van der Waals surface area contributed by atoms with E-state index in [9.17, 15) is 18.0 Å². The number of amides is 1. The van der Waals surface area contributed by atoms with Crippen LogP contribution in [0.15, 0.2) is 18.5 Å². The van der Waals surface area contributed by atoms with E-state index < -0.39 is 18.5 Å². The van der Waals surface area contributed by atoms with Crippen LogP contribution in [0, 0.1) is 0 Å². The molecule has 1 saturated carbocycles. The highest BCUT2D eigenvalue weighted by Crippen LogP contribution is 2.31. The summed E-state index contributed by atoms with van der Waals surface area (Å²) < 4.78 is 38.7. The minimum absolute atomic E-state index is 0.276. The van der Waals surface area contributed by atoms with Gasteiger partial charge in [-0.1, -0.05) is 12.8 Å². The van der Waals surface area contributed by atoms with Crippen LogP contribution < -0.4 is 0 Å². The van der Waals surface area contributed by atoms with Crippen LogP contribution in [0.2, 0.25) is 0 Å². The molecule has 0 N–H and O–H groups in total. The molecule has 0 radical (unpaired) electrons. The lowest BCUT2D eigenvalue weighted by Crippen LogP contribution is -2.30. The molecule has 1 aliphatic rings. The SMILES string of the molecule is CN(CCC(F)(F)F)C(=O)c1cnc2c(cnn2C2CCCC2)c1. The lowest BCUT2D eigenvalue weighted by molar-refractivity contribution is -0.136. The molecule has 0 saturated heterocycles. The Labute approximate surface area is 137 Å². The molecule has 8 heteroatoms. The number of hydrogen-bond acceptors (Lipinski definition) is 3. The van der Waals surface area contributed by atoms with Crippen LogP contribution in [0.4, 0.5) is 13.2 Å². The Morgan fingerprint density at radius 1 is 1.33 bits per heavy atom. The maximum Gasteiger partial charge on any atom is 0.390 e. The van der Waals surface area contributed by atoms with Crippen molar-refractivity contribution in [2.24, 2.45) is 0 Å². The van der Waals surface area contributed by atoms with E-state index in [-0.39, 0.29) is 12.1 Å². The smallest absolute Gasteiger partial charge is 0.341 e. The lowest BCUT2D eigenvalue weighted by atomic mass is 10.2. The quantitative estimate of drug-likeness (QED) is 0.855. The van der Waals surface area contributed by atoms with Gasteiger partial charge in [-0.15, -0.1) is 0 Å². The fourth-order valence-corrected chi connectivity index (χ4v) is 3.09. The van der Waals surface area contributed by atoms with Crippen molar-refractivity contribution in [1.29, 1.82) is 0 Å². The van der Waals surface area contributed by atoms with Gasteiger partial charge in [0.05, 0.1) is 24.2 Å². The second-order valence-electron chi connectivity index (χ2n) is 6.26. The maximum atomic E-state index is 12.3. The molecule has 130 valence electrons. The van der Waals surface area contributed by atoms with Crippen molar-refractivity contribution in [3.63, 3.8) is 0 Å². The largest absolute Gasteiger partial charge is 0.390 e. The zero-order valence-corrected chi connectivity index (χ0v) is 13.4. The number of hydrogen-bond donors (Lipinski definition) is 0. The van der Waals surface area contributed by atoms with Gasteiger partial charge in [0.2, 0.25) is 0 Å². The molecule has 2 aromatic rings. The second-order valence-corrected chi connectivity index (χ2v) is 6.26. The summed E-state index contributed by atoms with van der Waals surface area (Å²) in [4.78, 5) is 17.7. The zero-order chi connectivity index (χ0) is 17.3. The molecule has 2 heterocycles. The number of pyridine rings is 1. The number of halogens is 3. The molecule has 2 aromatic heterocycles. The maximum absolute atomic E-state index is 12.3. The standard InChI is InChI=1S/C16H19F3N4O/c1-22(7-6-16(17,18)19)15(24)12-8-11-10-21-23(14(11)20-9-12)13-4-2-3-5-13/h8-10,13H,2-7H2,1H3. The van der Waals surface area contributed by atoms with Gasteiger partial charge < -0.3 is 4.90 Å². The average Bonchev–Trinajstić information content (AvgIpc) is 3.19. The second kappa shape index (κ2) is 6.41. The monoisotopic (exact) mass is 340 g/mol. The van der Waals surface area contributed by atoms with Gasteiger partial charge in [-0.2, -0.15) is 18.3 Å². The average molecular weight is 340 g/mol. The summed E-state index contributed by atoms with van der Waals surface area (Å²) >= 11 is 0. The highest BCUT2D eigenvalue weighted by atomic mass is 19.4. The number of aromatic nitrogens is 3. The van der Waals surface area contributed by atoms with Crippen molar-refractivity contribution in [2.45, 2.75) is 44.3 Å². The van der Waals surface area contributed by atoms with Crippen molar-refractivity contribution in [3.8, 4) is 0 Å². The normalized spacial score (nSPS) is 16.0. The van der Waals surface area contributed by atoms with Crippen LogP contribution >= 0.6 is 0 Å². The fraction of sp³-hybridized carbons (Fsp3) is 0.562. The zero-order valence-electron chi connectivity index (χ0n) is 13.4. The molecule has 1 aliphatic carbocycles. The Hall–Kier alpha value is -2.12. The first-order valence-corrected chi connectivity index (χ1v) is 8.00. The number of fused-ring (bicyclic) bond motifs is 1. The summed E-state index contributed by atoms with van der Waals surface area (Å²) in [5, 5.41) is 5.11. The van der Waals surface area contributed by atoms with Crippen molar-refractivity contribution < 1.29 is 18.0 Å². The Morgan fingerprint density at radius 3 is 2.71 bits per heavy atom. The predicted molar refractivity (Wildman–Crippen MR) is 82.7 cm³/mol. The van der Waals surface area contributed by atoms with Crippen LogP contribution in [0.5, 0.6) is 0 Å². The molecule has 0 spiro atoms. The van der Waals surface area contributed by atoms with E-state index in [0.717, 1.165) is 28.8 Å². The number of alkyl halides is 3. The summed E-state index contributed by atoms with van der Waals surface area (Å²) in [6, 6.07) is 1.98. The third-order valence-corrected chi connectivity index (χ3v) is 4.43. The van der Waals surface area contributed by atoms with E-state index in [1.807, 2.05) is 4.68 Å². The summed E-state index contributed by atoms with van der Waals surface area (Å²) in [5.74, 6) is -0.470. The van der Waals surface area contributed by atoms with Crippen molar-refractivity contribution in [2.75, 3.05) is 13.6 Å². The molecule has 0 atom stereocenters. The Bertz CT molecular complexity index is 734. The molecule has 0 bridgehead atoms. The van der Waals surface area contributed by atoms with Crippen LogP contribution in [0.1, 0.15) is 48.5 Å². The van der Waals surface area contributed by atoms with Crippen LogP contribution in [-0.2, 0) is 0 Å². The van der Waals surface area contributed by atoms with E-state index in [2.05, 4.69) is 10.1 Å². The van der Waals surface area contributed by atoms with Gasteiger partial charge in [-0.05, 0) is 18.9 Å². The molecule has 3 rings (SSSR count). The van der Waals surface area contributed by atoms with Gasteiger partial charge in [-0.25, -0.2) is 9.67 Å². The van der Waals surface area contributed by atoms with Crippen molar-refractivity contribution in [1.82, 2.24) is 19.7 Å². The lowest BCUT2D eigenvalue weighted by Gasteiger charge is -2.18. The molecule has 1 amide bonds. The molecular formula is C16H19F3N4O. The number of rotatable bonds is 4. The first kappa shape index (κ1) is 16.7. The van der Waals surface area contributed by atoms with Crippen molar-refractivity contribution in [3.05, 3.63) is 24.0 Å². The third-order valence-electron chi connectivity index (χ3n) is 4.43. The summed E-state index contributed by atoms with van der Waals surface area (Å²) in [6.07, 6.45) is 2.26. The van der Waals surface area contributed by atoms with Crippen LogP contribution in [0.3, 0.4) is 0 Å². The summed E-state index contributed by atoms with van der Waals surface area (Å²) in [7, 11) is 1.36. The third kappa shape index (κ3) is 3.52.